The predicted molar refractivity (Wildman–Crippen MR) is 73.0 cm³/mol. The molecule has 0 bridgehead atoms. The largest absolute Gasteiger partial charge is 0.508 e. The van der Waals surface area contributed by atoms with Crippen LogP contribution in [0.15, 0.2) is 18.2 Å². The Morgan fingerprint density at radius 1 is 1.33 bits per heavy atom. The number of phenolic OH excluding ortho intramolecular Hbond substituents is 1. The Morgan fingerprint density at radius 3 is 2.89 bits per heavy atom. The van der Waals surface area contributed by atoms with E-state index in [2.05, 4.69) is 10.2 Å². The fourth-order valence-electron chi connectivity index (χ4n) is 2.69. The highest BCUT2D eigenvalue weighted by Crippen LogP contribution is 2.30. The van der Waals surface area contributed by atoms with E-state index in [4.69, 9.17) is 11.6 Å². The molecule has 98 valence electrons. The van der Waals surface area contributed by atoms with E-state index in [0.29, 0.717) is 17.6 Å². The summed E-state index contributed by atoms with van der Waals surface area (Å²) in [6, 6.07) is 6.66. The van der Waals surface area contributed by atoms with Gasteiger partial charge in [-0.15, -0.1) is 0 Å². The maximum Gasteiger partial charge on any atom is 0.121 e. The number of nitrogens with one attached hydrogen (secondary N) is 1. The molecule has 1 aliphatic heterocycles. The fourth-order valence-corrected chi connectivity index (χ4v) is 2.93. The first-order valence-corrected chi connectivity index (χ1v) is 7.05. The Labute approximate surface area is 113 Å². The van der Waals surface area contributed by atoms with Crippen molar-refractivity contribution in [1.29, 1.82) is 0 Å². The third-order valence-corrected chi connectivity index (χ3v) is 4.30. The van der Waals surface area contributed by atoms with E-state index in [-0.39, 0.29) is 5.75 Å². The molecule has 0 amide bonds. The minimum atomic E-state index is 0.284. The Kier molecular flexibility index (Phi) is 3.46. The van der Waals surface area contributed by atoms with Crippen LogP contribution in [-0.2, 0) is 6.54 Å². The summed E-state index contributed by atoms with van der Waals surface area (Å²) in [6.45, 7) is 2.99. The van der Waals surface area contributed by atoms with Crippen LogP contribution in [0.4, 0.5) is 0 Å². The van der Waals surface area contributed by atoms with Gasteiger partial charge >= 0.3 is 0 Å². The molecule has 1 saturated heterocycles. The monoisotopic (exact) mass is 266 g/mol. The van der Waals surface area contributed by atoms with Crippen molar-refractivity contribution >= 4 is 11.6 Å². The first-order valence-electron chi connectivity index (χ1n) is 6.68. The fraction of sp³-hybridized carbons (Fsp3) is 0.571. The van der Waals surface area contributed by atoms with Gasteiger partial charge in [0.2, 0.25) is 0 Å². The highest BCUT2D eigenvalue weighted by molar-refractivity contribution is 6.31. The maximum atomic E-state index is 9.78. The quantitative estimate of drug-likeness (QED) is 0.878. The van der Waals surface area contributed by atoms with Gasteiger partial charge in [-0.05, 0) is 31.4 Å². The Morgan fingerprint density at radius 2 is 2.17 bits per heavy atom. The minimum Gasteiger partial charge on any atom is -0.508 e. The summed E-state index contributed by atoms with van der Waals surface area (Å²) >= 11 is 6.09. The van der Waals surface area contributed by atoms with Gasteiger partial charge in [0, 0.05) is 42.3 Å². The van der Waals surface area contributed by atoms with Gasteiger partial charge in [0.1, 0.15) is 5.75 Å². The third kappa shape index (κ3) is 2.63. The molecule has 4 heteroatoms. The van der Waals surface area contributed by atoms with Crippen molar-refractivity contribution in [2.75, 3.05) is 13.1 Å². The molecule has 0 radical (unpaired) electrons. The highest BCUT2D eigenvalue weighted by atomic mass is 35.5. The lowest BCUT2D eigenvalue weighted by molar-refractivity contribution is 0.317. The molecule has 2 fully saturated rings. The molecule has 3 nitrogen and oxygen atoms in total. The molecular weight excluding hydrogens is 248 g/mol. The van der Waals surface area contributed by atoms with E-state index in [1.807, 2.05) is 6.07 Å². The summed E-state index contributed by atoms with van der Waals surface area (Å²) in [5, 5.41) is 13.9. The van der Waals surface area contributed by atoms with E-state index in [1.54, 1.807) is 12.1 Å². The summed E-state index contributed by atoms with van der Waals surface area (Å²) < 4.78 is 0. The smallest absolute Gasteiger partial charge is 0.121 e. The Hall–Kier alpha value is -0.770. The average Bonchev–Trinajstić information content (AvgIpc) is 3.09. The van der Waals surface area contributed by atoms with Crippen molar-refractivity contribution in [3.05, 3.63) is 28.8 Å². The average molecular weight is 267 g/mol. The molecule has 18 heavy (non-hydrogen) atoms. The van der Waals surface area contributed by atoms with Gasteiger partial charge in [0.05, 0.1) is 0 Å². The second-order valence-corrected chi connectivity index (χ2v) is 5.74. The summed E-state index contributed by atoms with van der Waals surface area (Å²) in [6.07, 6.45) is 3.94. The first-order chi connectivity index (χ1) is 8.74. The molecule has 0 spiro atoms. The van der Waals surface area contributed by atoms with Crippen molar-refractivity contribution in [2.45, 2.75) is 37.9 Å². The van der Waals surface area contributed by atoms with Gasteiger partial charge < -0.3 is 10.4 Å². The Bertz CT molecular complexity index is 414. The van der Waals surface area contributed by atoms with Gasteiger partial charge in [-0.3, -0.25) is 4.90 Å². The van der Waals surface area contributed by atoms with Crippen LogP contribution in [-0.4, -0.2) is 35.2 Å². The molecule has 1 heterocycles. The van der Waals surface area contributed by atoms with Crippen LogP contribution in [0.1, 0.15) is 24.8 Å². The zero-order valence-corrected chi connectivity index (χ0v) is 11.2. The summed E-state index contributed by atoms with van der Waals surface area (Å²) in [5.41, 5.74) is 0.809. The minimum absolute atomic E-state index is 0.284. The van der Waals surface area contributed by atoms with E-state index in [0.717, 1.165) is 18.2 Å². The zero-order valence-electron chi connectivity index (χ0n) is 10.4. The van der Waals surface area contributed by atoms with Crippen molar-refractivity contribution < 1.29 is 5.11 Å². The van der Waals surface area contributed by atoms with Crippen molar-refractivity contribution in [3.63, 3.8) is 0 Å². The molecule has 1 aliphatic carbocycles. The lowest BCUT2D eigenvalue weighted by Gasteiger charge is -2.16. The van der Waals surface area contributed by atoms with Crippen LogP contribution >= 0.6 is 11.6 Å². The lowest BCUT2D eigenvalue weighted by atomic mass is 10.2. The van der Waals surface area contributed by atoms with Crippen LogP contribution in [0.5, 0.6) is 5.75 Å². The number of halogens is 1. The molecule has 2 N–H and O–H groups in total. The SMILES string of the molecule is Oc1cccc(Cl)c1CNC1CCN(C2CC2)C1. The standard InChI is InChI=1S/C14H19ClN2O/c15-13-2-1-3-14(18)12(13)8-16-10-6-7-17(9-10)11-4-5-11/h1-3,10-11,16,18H,4-9H2. The summed E-state index contributed by atoms with van der Waals surface area (Å²) in [7, 11) is 0. The number of aromatic hydroxyl groups is 1. The topological polar surface area (TPSA) is 35.5 Å². The number of phenols is 1. The number of benzene rings is 1. The van der Waals surface area contributed by atoms with Crippen molar-refractivity contribution in [2.24, 2.45) is 0 Å². The van der Waals surface area contributed by atoms with Gasteiger partial charge in [0.15, 0.2) is 0 Å². The molecule has 3 rings (SSSR count). The summed E-state index contributed by atoms with van der Waals surface area (Å²) in [4.78, 5) is 2.57. The molecular formula is C14H19ClN2O. The van der Waals surface area contributed by atoms with Gasteiger partial charge in [0.25, 0.3) is 0 Å². The van der Waals surface area contributed by atoms with Crippen LogP contribution in [0, 0.1) is 0 Å². The summed E-state index contributed by atoms with van der Waals surface area (Å²) in [5.74, 6) is 0.284. The second kappa shape index (κ2) is 5.08. The van der Waals surface area contributed by atoms with Crippen molar-refractivity contribution in [3.8, 4) is 5.75 Å². The molecule has 0 aromatic heterocycles. The molecule has 1 aromatic carbocycles. The number of hydrogen-bond donors (Lipinski definition) is 2. The lowest BCUT2D eigenvalue weighted by Crippen LogP contribution is -2.32. The number of rotatable bonds is 4. The predicted octanol–water partition coefficient (Wildman–Crippen LogP) is 2.37. The molecule has 1 atom stereocenters. The third-order valence-electron chi connectivity index (χ3n) is 3.94. The highest BCUT2D eigenvalue weighted by Gasteiger charge is 2.34. The van der Waals surface area contributed by atoms with Crippen LogP contribution in [0.2, 0.25) is 5.02 Å². The molecule has 1 saturated carbocycles. The molecule has 1 unspecified atom stereocenters. The van der Waals surface area contributed by atoms with Crippen LogP contribution < -0.4 is 5.32 Å². The first kappa shape index (κ1) is 12.3. The normalized spacial score (nSPS) is 24.6. The van der Waals surface area contributed by atoms with Crippen LogP contribution in [0.3, 0.4) is 0 Å². The number of hydrogen-bond acceptors (Lipinski definition) is 3. The van der Waals surface area contributed by atoms with Crippen molar-refractivity contribution in [1.82, 2.24) is 10.2 Å². The van der Waals surface area contributed by atoms with Gasteiger partial charge in [-0.2, -0.15) is 0 Å². The van der Waals surface area contributed by atoms with E-state index in [9.17, 15) is 5.11 Å². The van der Waals surface area contributed by atoms with Gasteiger partial charge in [-0.25, -0.2) is 0 Å². The van der Waals surface area contributed by atoms with E-state index >= 15 is 0 Å². The second-order valence-electron chi connectivity index (χ2n) is 5.33. The maximum absolute atomic E-state index is 9.78. The number of likely N-dealkylation sites (tertiary alicyclic amines) is 1. The zero-order chi connectivity index (χ0) is 12.5. The molecule has 1 aromatic rings. The van der Waals surface area contributed by atoms with E-state index < -0.39 is 0 Å². The van der Waals surface area contributed by atoms with Gasteiger partial charge in [-0.1, -0.05) is 17.7 Å². The van der Waals surface area contributed by atoms with Crippen LogP contribution in [0.25, 0.3) is 0 Å². The molecule has 2 aliphatic rings. The Balaban J connectivity index is 1.55. The number of nitrogens with zero attached hydrogens (tertiary/aromatic N) is 1. The van der Waals surface area contributed by atoms with E-state index in [1.165, 1.54) is 25.8 Å².